The van der Waals surface area contributed by atoms with Gasteiger partial charge in [0.2, 0.25) is 10.0 Å². The minimum atomic E-state index is -3.77. The quantitative estimate of drug-likeness (QED) is 0.630. The number of oxazole rings is 1. The van der Waals surface area contributed by atoms with Crippen molar-refractivity contribution in [1.29, 1.82) is 0 Å². The van der Waals surface area contributed by atoms with Gasteiger partial charge in [0.25, 0.3) is 5.91 Å². The van der Waals surface area contributed by atoms with Gasteiger partial charge in [0, 0.05) is 31.3 Å². The van der Waals surface area contributed by atoms with Crippen molar-refractivity contribution in [3.63, 3.8) is 0 Å². The fraction of sp³-hybridized carbons (Fsp3) is 0.333. The van der Waals surface area contributed by atoms with E-state index < -0.39 is 15.9 Å². The van der Waals surface area contributed by atoms with E-state index in [0.717, 1.165) is 25.7 Å². The van der Waals surface area contributed by atoms with Gasteiger partial charge in [-0.05, 0) is 49.2 Å². The van der Waals surface area contributed by atoms with E-state index in [1.165, 1.54) is 22.5 Å². The standard InChI is InChI=1S/C21H22ClN3O4S/c1-14-23-18-13-16(7-9-19(18)29-14)24-21(26)15-6-8-17(22)20(12-15)30(27,28)25-10-4-2-3-5-11-25/h6-9,12-13H,2-5,10-11H2,1H3,(H,24,26). The number of aromatic nitrogens is 1. The second-order valence-electron chi connectivity index (χ2n) is 7.33. The predicted molar refractivity (Wildman–Crippen MR) is 115 cm³/mol. The summed E-state index contributed by atoms with van der Waals surface area (Å²) in [5.74, 6) is 0.105. The van der Waals surface area contributed by atoms with Gasteiger partial charge in [-0.25, -0.2) is 13.4 Å². The molecular weight excluding hydrogens is 426 g/mol. The SMILES string of the molecule is Cc1nc2cc(NC(=O)c3ccc(Cl)c(S(=O)(=O)N4CCCCCC4)c3)ccc2o1. The summed E-state index contributed by atoms with van der Waals surface area (Å²) in [5, 5.41) is 2.88. The first-order valence-corrected chi connectivity index (χ1v) is 11.6. The number of carbonyl (C=O) groups excluding carboxylic acids is 1. The first-order valence-electron chi connectivity index (χ1n) is 9.83. The first-order chi connectivity index (χ1) is 14.3. The molecule has 0 bridgehead atoms. The molecule has 158 valence electrons. The lowest BCUT2D eigenvalue weighted by Gasteiger charge is -2.21. The van der Waals surface area contributed by atoms with Crippen molar-refractivity contribution in [2.75, 3.05) is 18.4 Å². The van der Waals surface area contributed by atoms with E-state index in [1.54, 1.807) is 25.1 Å². The molecule has 4 rings (SSSR count). The van der Waals surface area contributed by atoms with Crippen LogP contribution >= 0.6 is 11.6 Å². The molecule has 7 nitrogen and oxygen atoms in total. The second-order valence-corrected chi connectivity index (χ2v) is 9.65. The van der Waals surface area contributed by atoms with Crippen LogP contribution in [0.5, 0.6) is 0 Å². The molecule has 0 atom stereocenters. The number of benzene rings is 2. The van der Waals surface area contributed by atoms with Crippen molar-refractivity contribution >= 4 is 44.3 Å². The Labute approximate surface area is 180 Å². The maximum atomic E-state index is 13.1. The summed E-state index contributed by atoms with van der Waals surface area (Å²) in [5.41, 5.74) is 2.01. The third-order valence-electron chi connectivity index (χ3n) is 5.13. The summed E-state index contributed by atoms with van der Waals surface area (Å²) in [6.45, 7) is 2.68. The Hall–Kier alpha value is -2.42. The number of hydrogen-bond acceptors (Lipinski definition) is 5. The monoisotopic (exact) mass is 447 g/mol. The largest absolute Gasteiger partial charge is 0.441 e. The molecule has 0 radical (unpaired) electrons. The molecule has 0 aliphatic carbocycles. The molecule has 1 fully saturated rings. The number of halogens is 1. The molecule has 3 aromatic rings. The van der Waals surface area contributed by atoms with E-state index in [0.29, 0.717) is 35.8 Å². The Morgan fingerprint density at radius 3 is 2.57 bits per heavy atom. The van der Waals surface area contributed by atoms with E-state index in [2.05, 4.69) is 10.3 Å². The van der Waals surface area contributed by atoms with E-state index in [4.69, 9.17) is 16.0 Å². The molecule has 9 heteroatoms. The number of nitrogens with zero attached hydrogens (tertiary/aromatic N) is 2. The van der Waals surface area contributed by atoms with E-state index in [1.807, 2.05) is 0 Å². The molecular formula is C21H22ClN3O4S. The average Bonchev–Trinajstić information content (AvgIpc) is 2.90. The third-order valence-corrected chi connectivity index (χ3v) is 7.51. The summed E-state index contributed by atoms with van der Waals surface area (Å²) < 4.78 is 33.2. The summed E-state index contributed by atoms with van der Waals surface area (Å²) in [6.07, 6.45) is 3.66. The van der Waals surface area contributed by atoms with Crippen LogP contribution in [0.25, 0.3) is 11.1 Å². The highest BCUT2D eigenvalue weighted by Crippen LogP contribution is 2.28. The number of hydrogen-bond donors (Lipinski definition) is 1. The molecule has 30 heavy (non-hydrogen) atoms. The van der Waals surface area contributed by atoms with Crippen molar-refractivity contribution in [2.45, 2.75) is 37.5 Å². The highest BCUT2D eigenvalue weighted by molar-refractivity contribution is 7.89. The van der Waals surface area contributed by atoms with Gasteiger partial charge in [-0.1, -0.05) is 24.4 Å². The summed E-state index contributed by atoms with van der Waals surface area (Å²) >= 11 is 6.22. The van der Waals surface area contributed by atoms with Crippen LogP contribution in [0.4, 0.5) is 5.69 Å². The Morgan fingerprint density at radius 2 is 1.83 bits per heavy atom. The zero-order valence-corrected chi connectivity index (χ0v) is 18.1. The number of amides is 1. The van der Waals surface area contributed by atoms with Crippen molar-refractivity contribution in [3.05, 3.63) is 52.9 Å². The predicted octanol–water partition coefficient (Wildman–Crippen LogP) is 4.61. The van der Waals surface area contributed by atoms with Gasteiger partial charge in [0.1, 0.15) is 10.4 Å². The van der Waals surface area contributed by atoms with Gasteiger partial charge in [0.05, 0.1) is 5.02 Å². The van der Waals surface area contributed by atoms with Crippen LogP contribution in [0, 0.1) is 6.92 Å². The molecule has 0 saturated carbocycles. The molecule has 1 saturated heterocycles. The van der Waals surface area contributed by atoms with Crippen LogP contribution in [0.1, 0.15) is 41.9 Å². The van der Waals surface area contributed by atoms with Crippen LogP contribution in [0.2, 0.25) is 5.02 Å². The molecule has 1 aliphatic heterocycles. The Kier molecular flexibility index (Phi) is 5.81. The third kappa shape index (κ3) is 4.21. The number of rotatable bonds is 4. The number of anilines is 1. The van der Waals surface area contributed by atoms with Crippen molar-refractivity contribution in [2.24, 2.45) is 0 Å². The zero-order valence-electron chi connectivity index (χ0n) is 16.5. The summed E-state index contributed by atoms with van der Waals surface area (Å²) in [7, 11) is -3.77. The molecule has 2 heterocycles. The van der Waals surface area contributed by atoms with Gasteiger partial charge in [-0.15, -0.1) is 0 Å². The van der Waals surface area contributed by atoms with E-state index >= 15 is 0 Å². The van der Waals surface area contributed by atoms with Gasteiger partial charge < -0.3 is 9.73 Å². The minimum absolute atomic E-state index is 0.0405. The maximum Gasteiger partial charge on any atom is 0.255 e. The second kappa shape index (κ2) is 8.37. The molecule has 2 aromatic carbocycles. The number of aryl methyl sites for hydroxylation is 1. The molecule has 0 spiro atoms. The van der Waals surface area contributed by atoms with Crippen molar-refractivity contribution < 1.29 is 17.6 Å². The van der Waals surface area contributed by atoms with Crippen LogP contribution in [-0.2, 0) is 10.0 Å². The Bertz CT molecular complexity index is 1200. The number of fused-ring (bicyclic) bond motifs is 1. The van der Waals surface area contributed by atoms with Crippen LogP contribution in [0.3, 0.4) is 0 Å². The lowest BCUT2D eigenvalue weighted by molar-refractivity contribution is 0.102. The Balaban J connectivity index is 1.60. The minimum Gasteiger partial charge on any atom is -0.441 e. The van der Waals surface area contributed by atoms with Crippen LogP contribution in [0.15, 0.2) is 45.7 Å². The smallest absolute Gasteiger partial charge is 0.255 e. The average molecular weight is 448 g/mol. The van der Waals surface area contributed by atoms with Gasteiger partial charge in [0.15, 0.2) is 11.5 Å². The number of sulfonamides is 1. The lowest BCUT2D eigenvalue weighted by atomic mass is 10.2. The number of carbonyl (C=O) groups is 1. The molecule has 1 aliphatic rings. The molecule has 0 unspecified atom stereocenters. The first kappa shape index (κ1) is 20.8. The van der Waals surface area contributed by atoms with E-state index in [9.17, 15) is 13.2 Å². The molecule has 1 N–H and O–H groups in total. The fourth-order valence-corrected chi connectivity index (χ4v) is 5.60. The van der Waals surface area contributed by atoms with E-state index in [-0.39, 0.29) is 15.5 Å². The molecule has 1 amide bonds. The van der Waals surface area contributed by atoms with Crippen molar-refractivity contribution in [1.82, 2.24) is 9.29 Å². The number of nitrogens with one attached hydrogen (secondary N) is 1. The normalized spacial score (nSPS) is 15.8. The highest BCUT2D eigenvalue weighted by atomic mass is 35.5. The fourth-order valence-electron chi connectivity index (χ4n) is 3.59. The van der Waals surface area contributed by atoms with Gasteiger partial charge in [-0.2, -0.15) is 4.31 Å². The lowest BCUT2D eigenvalue weighted by Crippen LogP contribution is -2.32. The van der Waals surface area contributed by atoms with Crippen molar-refractivity contribution in [3.8, 4) is 0 Å². The van der Waals surface area contributed by atoms with Crippen LogP contribution in [-0.4, -0.2) is 36.7 Å². The zero-order chi connectivity index (χ0) is 21.3. The summed E-state index contributed by atoms with van der Waals surface area (Å²) in [4.78, 5) is 17.0. The maximum absolute atomic E-state index is 13.1. The van der Waals surface area contributed by atoms with Gasteiger partial charge in [-0.3, -0.25) is 4.79 Å². The topological polar surface area (TPSA) is 92.5 Å². The highest BCUT2D eigenvalue weighted by Gasteiger charge is 2.28. The molecule has 1 aromatic heterocycles. The summed E-state index contributed by atoms with van der Waals surface area (Å²) in [6, 6.07) is 9.44. The van der Waals surface area contributed by atoms with Crippen LogP contribution < -0.4 is 5.32 Å². The Morgan fingerprint density at radius 1 is 1.10 bits per heavy atom. The van der Waals surface area contributed by atoms with Gasteiger partial charge >= 0.3 is 0 Å².